The molecule has 0 spiro atoms. The average molecular weight is 292 g/mol. The van der Waals surface area contributed by atoms with Crippen LogP contribution in [0.1, 0.15) is 50.0 Å². The van der Waals surface area contributed by atoms with E-state index >= 15 is 0 Å². The van der Waals surface area contributed by atoms with Crippen LogP contribution < -0.4 is 5.32 Å². The van der Waals surface area contributed by atoms with E-state index in [4.69, 9.17) is 0 Å². The van der Waals surface area contributed by atoms with Gasteiger partial charge in [-0.1, -0.05) is 39.0 Å². The van der Waals surface area contributed by atoms with Gasteiger partial charge < -0.3 is 5.32 Å². The molecule has 0 aliphatic rings. The fourth-order valence-electron chi connectivity index (χ4n) is 1.93. The molecule has 0 aliphatic heterocycles. The van der Waals surface area contributed by atoms with Gasteiger partial charge in [0, 0.05) is 28.9 Å². The summed E-state index contributed by atoms with van der Waals surface area (Å²) in [6.07, 6.45) is 0. The van der Waals surface area contributed by atoms with Gasteiger partial charge in [-0.3, -0.25) is 0 Å². The van der Waals surface area contributed by atoms with Crippen molar-refractivity contribution < 1.29 is 4.39 Å². The van der Waals surface area contributed by atoms with Gasteiger partial charge in [0.15, 0.2) is 0 Å². The highest BCUT2D eigenvalue weighted by Gasteiger charge is 2.18. The molecule has 2 rings (SSSR count). The van der Waals surface area contributed by atoms with Crippen LogP contribution in [0.4, 0.5) is 4.39 Å². The standard InChI is InChI=1S/C16H21FN2S/c1-11(13-7-5-6-8-14(13)17)18-9-12-10-20-15(19-12)16(2,3)4/h5-8,10-11,18H,9H2,1-4H3. The second-order valence-electron chi connectivity index (χ2n) is 6.02. The summed E-state index contributed by atoms with van der Waals surface area (Å²) in [7, 11) is 0. The molecule has 0 aliphatic carbocycles. The van der Waals surface area contributed by atoms with Crippen LogP contribution in [0.15, 0.2) is 29.6 Å². The van der Waals surface area contributed by atoms with Crippen molar-refractivity contribution >= 4 is 11.3 Å². The fourth-order valence-corrected chi connectivity index (χ4v) is 2.83. The molecule has 0 bridgehead atoms. The SMILES string of the molecule is CC(NCc1csc(C(C)(C)C)n1)c1ccccc1F. The number of rotatable bonds is 4. The topological polar surface area (TPSA) is 24.9 Å². The lowest BCUT2D eigenvalue weighted by molar-refractivity contribution is 0.522. The molecule has 0 radical (unpaired) electrons. The van der Waals surface area contributed by atoms with Crippen molar-refractivity contribution in [3.05, 3.63) is 51.7 Å². The Bertz CT molecular complexity index is 572. The predicted molar refractivity (Wildman–Crippen MR) is 82.5 cm³/mol. The summed E-state index contributed by atoms with van der Waals surface area (Å²) in [6, 6.07) is 6.84. The molecule has 1 aromatic carbocycles. The van der Waals surface area contributed by atoms with E-state index in [1.165, 1.54) is 6.07 Å². The van der Waals surface area contributed by atoms with Gasteiger partial charge in [-0.05, 0) is 13.0 Å². The monoisotopic (exact) mass is 292 g/mol. The molecule has 0 fully saturated rings. The highest BCUT2D eigenvalue weighted by Crippen LogP contribution is 2.25. The lowest BCUT2D eigenvalue weighted by Crippen LogP contribution is -2.19. The molecular formula is C16H21FN2S. The molecule has 0 saturated heterocycles. The van der Waals surface area contributed by atoms with E-state index in [-0.39, 0.29) is 17.3 Å². The Morgan fingerprint density at radius 1 is 1.30 bits per heavy atom. The van der Waals surface area contributed by atoms with E-state index in [9.17, 15) is 4.39 Å². The summed E-state index contributed by atoms with van der Waals surface area (Å²) in [5, 5.41) is 6.53. The van der Waals surface area contributed by atoms with Crippen LogP contribution in [0.25, 0.3) is 0 Å². The summed E-state index contributed by atoms with van der Waals surface area (Å²) >= 11 is 1.68. The van der Waals surface area contributed by atoms with Crippen LogP contribution in [0, 0.1) is 5.82 Å². The molecule has 0 saturated carbocycles. The molecule has 1 atom stereocenters. The summed E-state index contributed by atoms with van der Waals surface area (Å²) in [5.41, 5.74) is 1.79. The largest absolute Gasteiger partial charge is 0.304 e. The van der Waals surface area contributed by atoms with E-state index < -0.39 is 0 Å². The van der Waals surface area contributed by atoms with E-state index in [1.54, 1.807) is 17.4 Å². The van der Waals surface area contributed by atoms with Crippen LogP contribution >= 0.6 is 11.3 Å². The average Bonchev–Trinajstić information content (AvgIpc) is 2.85. The van der Waals surface area contributed by atoms with Crippen molar-refractivity contribution in [2.45, 2.75) is 45.7 Å². The summed E-state index contributed by atoms with van der Waals surface area (Å²) in [6.45, 7) is 9.10. The molecule has 4 heteroatoms. The van der Waals surface area contributed by atoms with Crippen molar-refractivity contribution in [2.75, 3.05) is 0 Å². The third-order valence-electron chi connectivity index (χ3n) is 3.15. The maximum Gasteiger partial charge on any atom is 0.127 e. The Kier molecular flexibility index (Phi) is 4.55. The molecule has 0 amide bonds. The van der Waals surface area contributed by atoms with Crippen LogP contribution in [-0.2, 0) is 12.0 Å². The highest BCUT2D eigenvalue weighted by molar-refractivity contribution is 7.09. The molecule has 20 heavy (non-hydrogen) atoms. The van der Waals surface area contributed by atoms with Crippen molar-refractivity contribution in [3.63, 3.8) is 0 Å². The third-order valence-corrected chi connectivity index (χ3v) is 4.47. The first kappa shape index (κ1) is 15.1. The first-order chi connectivity index (χ1) is 9.38. The van der Waals surface area contributed by atoms with E-state index in [0.717, 1.165) is 10.7 Å². The zero-order valence-corrected chi connectivity index (χ0v) is 13.2. The van der Waals surface area contributed by atoms with Crippen LogP contribution in [0.5, 0.6) is 0 Å². The molecule has 1 heterocycles. The summed E-state index contributed by atoms with van der Waals surface area (Å²) in [4.78, 5) is 4.63. The van der Waals surface area contributed by atoms with Crippen LogP contribution in [0.3, 0.4) is 0 Å². The Hall–Kier alpha value is -1.26. The number of nitrogens with zero attached hydrogens (tertiary/aromatic N) is 1. The second-order valence-corrected chi connectivity index (χ2v) is 6.88. The lowest BCUT2D eigenvalue weighted by atomic mass is 9.98. The van der Waals surface area contributed by atoms with Gasteiger partial charge in [0.25, 0.3) is 0 Å². The zero-order chi connectivity index (χ0) is 14.8. The highest BCUT2D eigenvalue weighted by atomic mass is 32.1. The lowest BCUT2D eigenvalue weighted by Gasteiger charge is -2.15. The van der Waals surface area contributed by atoms with Gasteiger partial charge >= 0.3 is 0 Å². The van der Waals surface area contributed by atoms with Gasteiger partial charge in [-0.2, -0.15) is 0 Å². The third kappa shape index (κ3) is 3.64. The van der Waals surface area contributed by atoms with Crippen molar-refractivity contribution in [2.24, 2.45) is 0 Å². The maximum absolute atomic E-state index is 13.7. The Balaban J connectivity index is 1.99. The summed E-state index contributed by atoms with van der Waals surface area (Å²) in [5.74, 6) is -0.166. The zero-order valence-electron chi connectivity index (χ0n) is 12.4. The Morgan fingerprint density at radius 2 is 2.00 bits per heavy atom. The van der Waals surface area contributed by atoms with E-state index in [2.05, 4.69) is 36.5 Å². The number of hydrogen-bond acceptors (Lipinski definition) is 3. The molecule has 2 nitrogen and oxygen atoms in total. The number of thiazole rings is 1. The van der Waals surface area contributed by atoms with Crippen molar-refractivity contribution in [3.8, 4) is 0 Å². The van der Waals surface area contributed by atoms with Crippen molar-refractivity contribution in [1.82, 2.24) is 10.3 Å². The molecule has 108 valence electrons. The second kappa shape index (κ2) is 6.02. The van der Waals surface area contributed by atoms with Gasteiger partial charge in [0.1, 0.15) is 5.82 Å². The minimum absolute atomic E-state index is 0.0315. The van der Waals surface area contributed by atoms with E-state index in [1.807, 2.05) is 19.1 Å². The first-order valence-corrected chi connectivity index (χ1v) is 7.68. The maximum atomic E-state index is 13.7. The minimum atomic E-state index is -0.166. The van der Waals surface area contributed by atoms with Crippen LogP contribution in [-0.4, -0.2) is 4.98 Å². The number of halogens is 1. The Labute approximate surface area is 124 Å². The van der Waals surface area contributed by atoms with Crippen molar-refractivity contribution in [1.29, 1.82) is 0 Å². The molecule has 1 N–H and O–H groups in total. The quantitative estimate of drug-likeness (QED) is 0.901. The molecule has 2 aromatic rings. The van der Waals surface area contributed by atoms with Gasteiger partial charge in [0.2, 0.25) is 0 Å². The first-order valence-electron chi connectivity index (χ1n) is 6.80. The molecular weight excluding hydrogens is 271 g/mol. The number of benzene rings is 1. The van der Waals surface area contributed by atoms with Gasteiger partial charge in [-0.15, -0.1) is 11.3 Å². The number of aromatic nitrogens is 1. The Morgan fingerprint density at radius 3 is 2.60 bits per heavy atom. The molecule has 1 unspecified atom stereocenters. The normalized spacial score (nSPS) is 13.4. The van der Waals surface area contributed by atoms with Crippen LogP contribution in [0.2, 0.25) is 0 Å². The van der Waals surface area contributed by atoms with E-state index in [0.29, 0.717) is 12.1 Å². The smallest absolute Gasteiger partial charge is 0.127 e. The van der Waals surface area contributed by atoms with Gasteiger partial charge in [0.05, 0.1) is 10.7 Å². The van der Waals surface area contributed by atoms with Gasteiger partial charge in [-0.25, -0.2) is 9.37 Å². The number of nitrogens with one attached hydrogen (secondary N) is 1. The minimum Gasteiger partial charge on any atom is -0.304 e. The molecule has 1 aromatic heterocycles. The summed E-state index contributed by atoms with van der Waals surface area (Å²) < 4.78 is 13.7. The fraction of sp³-hybridized carbons (Fsp3) is 0.438. The number of hydrogen-bond donors (Lipinski definition) is 1. The predicted octanol–water partition coefficient (Wildman–Crippen LogP) is 4.43.